The van der Waals surface area contributed by atoms with E-state index in [2.05, 4.69) is 117 Å². The van der Waals surface area contributed by atoms with E-state index in [4.69, 9.17) is 4.99 Å². The Hall–Kier alpha value is -3.97. The first-order chi connectivity index (χ1) is 17.7. The third-order valence-electron chi connectivity index (χ3n) is 8.77. The minimum atomic E-state index is -0.0868. The van der Waals surface area contributed by atoms with Crippen LogP contribution in [0.1, 0.15) is 52.1 Å². The lowest BCUT2D eigenvalue weighted by Crippen LogP contribution is -2.38. The van der Waals surface area contributed by atoms with Crippen LogP contribution in [0.4, 0.5) is 0 Å². The summed E-state index contributed by atoms with van der Waals surface area (Å²) in [5.41, 5.74) is 9.92. The van der Waals surface area contributed by atoms with Gasteiger partial charge in [0.15, 0.2) is 0 Å². The maximum Gasteiger partial charge on any atom is 0.0633 e. The van der Waals surface area contributed by atoms with Crippen LogP contribution in [0.15, 0.2) is 133 Å². The SMILES string of the molecule is C=C(N=C(C)c1cccc2c1C1C=CC=CC1C21c2ccccc2C2C=CC=CC21)c1ccccc1. The van der Waals surface area contributed by atoms with E-state index in [0.717, 1.165) is 17.0 Å². The van der Waals surface area contributed by atoms with Crippen LogP contribution in [0.5, 0.6) is 0 Å². The van der Waals surface area contributed by atoms with Gasteiger partial charge in [-0.05, 0) is 40.3 Å². The highest BCUT2D eigenvalue weighted by atomic mass is 14.8. The van der Waals surface area contributed by atoms with Gasteiger partial charge in [0.2, 0.25) is 0 Å². The van der Waals surface area contributed by atoms with Gasteiger partial charge in [-0.1, -0.05) is 128 Å². The molecule has 4 aliphatic carbocycles. The molecule has 0 N–H and O–H groups in total. The molecular weight excluding hydrogens is 434 g/mol. The van der Waals surface area contributed by atoms with E-state index in [9.17, 15) is 0 Å². The molecule has 7 rings (SSSR count). The molecule has 5 atom stereocenters. The Morgan fingerprint density at radius 1 is 0.694 bits per heavy atom. The first-order valence-electron chi connectivity index (χ1n) is 12.9. The minimum Gasteiger partial charge on any atom is -0.253 e. The van der Waals surface area contributed by atoms with Crippen molar-refractivity contribution in [3.63, 3.8) is 0 Å². The fourth-order valence-electron chi connectivity index (χ4n) is 7.47. The van der Waals surface area contributed by atoms with Crippen molar-refractivity contribution in [2.24, 2.45) is 16.8 Å². The van der Waals surface area contributed by atoms with Crippen molar-refractivity contribution in [2.45, 2.75) is 24.2 Å². The zero-order chi connectivity index (χ0) is 24.3. The Bertz CT molecular complexity index is 1530. The summed E-state index contributed by atoms with van der Waals surface area (Å²) in [6.07, 6.45) is 18.7. The summed E-state index contributed by atoms with van der Waals surface area (Å²) in [4.78, 5) is 5.03. The molecule has 3 aromatic carbocycles. The second-order valence-corrected chi connectivity index (χ2v) is 10.4. The smallest absolute Gasteiger partial charge is 0.0633 e. The molecule has 0 fully saturated rings. The topological polar surface area (TPSA) is 12.4 Å². The molecule has 1 spiro atoms. The van der Waals surface area contributed by atoms with Gasteiger partial charge >= 0.3 is 0 Å². The van der Waals surface area contributed by atoms with Gasteiger partial charge in [0.1, 0.15) is 0 Å². The van der Waals surface area contributed by atoms with Crippen molar-refractivity contribution in [3.8, 4) is 0 Å². The lowest BCUT2D eigenvalue weighted by Gasteiger charge is -2.40. The molecule has 1 nitrogen and oxygen atoms in total. The van der Waals surface area contributed by atoms with Crippen LogP contribution < -0.4 is 0 Å². The molecule has 0 heterocycles. The number of allylic oxidation sites excluding steroid dienone is 8. The summed E-state index contributed by atoms with van der Waals surface area (Å²) in [6, 6.07) is 26.3. The van der Waals surface area contributed by atoms with Gasteiger partial charge in [0, 0.05) is 34.8 Å². The molecular formula is C35H29N. The molecule has 174 valence electrons. The van der Waals surface area contributed by atoms with Crippen LogP contribution in [0.2, 0.25) is 0 Å². The zero-order valence-corrected chi connectivity index (χ0v) is 20.5. The molecule has 4 aliphatic rings. The summed E-state index contributed by atoms with van der Waals surface area (Å²) in [5, 5.41) is 0. The van der Waals surface area contributed by atoms with Crippen molar-refractivity contribution in [1.29, 1.82) is 0 Å². The van der Waals surface area contributed by atoms with Gasteiger partial charge in [-0.2, -0.15) is 0 Å². The Labute approximate surface area is 213 Å². The number of hydrogen-bond donors (Lipinski definition) is 0. The number of hydrogen-bond acceptors (Lipinski definition) is 1. The van der Waals surface area contributed by atoms with E-state index in [1.165, 1.54) is 27.8 Å². The molecule has 0 saturated carbocycles. The van der Waals surface area contributed by atoms with Crippen LogP contribution in [0.3, 0.4) is 0 Å². The number of nitrogens with zero attached hydrogens (tertiary/aromatic N) is 1. The summed E-state index contributed by atoms with van der Waals surface area (Å²) in [6.45, 7) is 6.43. The third kappa shape index (κ3) is 2.80. The summed E-state index contributed by atoms with van der Waals surface area (Å²) >= 11 is 0. The normalized spacial score (nSPS) is 28.6. The van der Waals surface area contributed by atoms with E-state index >= 15 is 0 Å². The fraction of sp³-hybridized carbons (Fsp3) is 0.171. The molecule has 3 aromatic rings. The lowest BCUT2D eigenvalue weighted by molar-refractivity contribution is 0.312. The maximum atomic E-state index is 5.03. The van der Waals surface area contributed by atoms with Crippen molar-refractivity contribution >= 4 is 11.4 Å². The van der Waals surface area contributed by atoms with E-state index < -0.39 is 0 Å². The maximum absolute atomic E-state index is 5.03. The van der Waals surface area contributed by atoms with Gasteiger partial charge in [-0.25, -0.2) is 0 Å². The van der Waals surface area contributed by atoms with Crippen LogP contribution >= 0.6 is 0 Å². The molecule has 1 heteroatoms. The molecule has 0 saturated heterocycles. The van der Waals surface area contributed by atoms with Gasteiger partial charge < -0.3 is 0 Å². The Balaban J connectivity index is 1.46. The number of benzene rings is 3. The highest BCUT2D eigenvalue weighted by Gasteiger charge is 2.61. The molecule has 0 bridgehead atoms. The Morgan fingerprint density at radius 2 is 1.33 bits per heavy atom. The van der Waals surface area contributed by atoms with Crippen molar-refractivity contribution in [2.75, 3.05) is 0 Å². The van der Waals surface area contributed by atoms with E-state index in [1.54, 1.807) is 0 Å². The third-order valence-corrected chi connectivity index (χ3v) is 8.77. The van der Waals surface area contributed by atoms with Gasteiger partial charge in [0.05, 0.1) is 5.70 Å². The van der Waals surface area contributed by atoms with Gasteiger partial charge in [-0.3, -0.25) is 4.99 Å². The van der Waals surface area contributed by atoms with Crippen molar-refractivity contribution in [3.05, 3.63) is 161 Å². The highest BCUT2D eigenvalue weighted by molar-refractivity contribution is 6.03. The first-order valence-corrected chi connectivity index (χ1v) is 12.9. The van der Waals surface area contributed by atoms with Gasteiger partial charge in [0.25, 0.3) is 0 Å². The van der Waals surface area contributed by atoms with E-state index in [-0.39, 0.29) is 5.41 Å². The Morgan fingerprint density at radius 3 is 2.14 bits per heavy atom. The van der Waals surface area contributed by atoms with E-state index in [0.29, 0.717) is 23.7 Å². The summed E-state index contributed by atoms with van der Waals surface area (Å²) in [5.74, 6) is 1.50. The van der Waals surface area contributed by atoms with Crippen molar-refractivity contribution in [1.82, 2.24) is 0 Å². The first kappa shape index (κ1) is 21.3. The molecule has 0 amide bonds. The largest absolute Gasteiger partial charge is 0.253 e. The molecule has 36 heavy (non-hydrogen) atoms. The zero-order valence-electron chi connectivity index (χ0n) is 20.5. The van der Waals surface area contributed by atoms with Crippen LogP contribution in [-0.2, 0) is 5.41 Å². The standard InChI is InChI=1S/C35H29N/c1-23(25-13-4-3-5-14-25)36-24(2)26-18-12-22-33-34(26)29-17-8-11-21-32(29)35(33)30-19-9-6-15-27(30)28-16-7-10-20-31(28)35/h3-22,27,29-30,32H,1H2,2H3. The molecule has 0 radical (unpaired) electrons. The van der Waals surface area contributed by atoms with E-state index in [1.807, 2.05) is 18.2 Å². The summed E-state index contributed by atoms with van der Waals surface area (Å²) in [7, 11) is 0. The second kappa shape index (κ2) is 8.03. The fourth-order valence-corrected chi connectivity index (χ4v) is 7.47. The number of rotatable bonds is 3. The van der Waals surface area contributed by atoms with Gasteiger partial charge in [-0.15, -0.1) is 0 Å². The number of aliphatic imine (C=N–C) groups is 1. The number of fused-ring (bicyclic) bond motifs is 10. The quantitative estimate of drug-likeness (QED) is 0.348. The van der Waals surface area contributed by atoms with Crippen molar-refractivity contribution < 1.29 is 0 Å². The molecule has 0 aliphatic heterocycles. The van der Waals surface area contributed by atoms with Crippen LogP contribution in [0, 0.1) is 11.8 Å². The average molecular weight is 464 g/mol. The summed E-state index contributed by atoms with van der Waals surface area (Å²) < 4.78 is 0. The monoisotopic (exact) mass is 463 g/mol. The minimum absolute atomic E-state index is 0.0868. The molecule has 0 aromatic heterocycles. The lowest BCUT2D eigenvalue weighted by atomic mass is 9.61. The predicted molar refractivity (Wildman–Crippen MR) is 150 cm³/mol. The highest BCUT2D eigenvalue weighted by Crippen LogP contribution is 2.67. The second-order valence-electron chi connectivity index (χ2n) is 10.4. The van der Waals surface area contributed by atoms with Crippen LogP contribution in [0.25, 0.3) is 5.70 Å². The average Bonchev–Trinajstić information content (AvgIpc) is 3.41. The van der Waals surface area contributed by atoms with Crippen LogP contribution in [-0.4, -0.2) is 5.71 Å². The molecule has 5 unspecified atom stereocenters. The predicted octanol–water partition coefficient (Wildman–Crippen LogP) is 8.13. The Kier molecular flexibility index (Phi) is 4.76.